The highest BCUT2D eigenvalue weighted by molar-refractivity contribution is 6.14. The second-order valence-corrected chi connectivity index (χ2v) is 5.56. The molecule has 10 heteroatoms. The Balaban J connectivity index is 2.07. The maximum Gasteiger partial charge on any atom is 0.416 e. The highest BCUT2D eigenvalue weighted by Crippen LogP contribution is 2.34. The Morgan fingerprint density at radius 2 is 1.93 bits per heavy atom. The number of hydrogen-bond donors (Lipinski definition) is 0. The van der Waals surface area contributed by atoms with Gasteiger partial charge in [-0.05, 0) is 23.8 Å². The Hall–Kier alpha value is -3.69. The quantitative estimate of drug-likeness (QED) is 0.340. The van der Waals surface area contributed by atoms with E-state index in [9.17, 15) is 28.1 Å². The second kappa shape index (κ2) is 7.14. The number of non-ortho nitro benzene ring substituents is 1. The molecular formula is C18H11F3N2O5. The fourth-order valence-electron chi connectivity index (χ4n) is 2.53. The Labute approximate surface area is 155 Å². The molecule has 1 aliphatic rings. The van der Waals surface area contributed by atoms with E-state index in [0.717, 1.165) is 18.2 Å². The predicted molar refractivity (Wildman–Crippen MR) is 91.7 cm³/mol. The molecule has 0 amide bonds. The minimum Gasteiger partial charge on any atom is -0.496 e. The van der Waals surface area contributed by atoms with Crippen LogP contribution in [0.15, 0.2) is 53.2 Å². The molecule has 2 aromatic rings. The van der Waals surface area contributed by atoms with Gasteiger partial charge in [0.1, 0.15) is 5.75 Å². The van der Waals surface area contributed by atoms with Crippen LogP contribution in [0.25, 0.3) is 6.08 Å². The van der Waals surface area contributed by atoms with Crippen LogP contribution in [0.3, 0.4) is 0 Å². The second-order valence-electron chi connectivity index (χ2n) is 5.56. The van der Waals surface area contributed by atoms with Crippen molar-refractivity contribution in [3.63, 3.8) is 0 Å². The van der Waals surface area contributed by atoms with Crippen LogP contribution in [0.2, 0.25) is 0 Å². The fourth-order valence-corrected chi connectivity index (χ4v) is 2.53. The van der Waals surface area contributed by atoms with E-state index in [4.69, 9.17) is 9.47 Å². The van der Waals surface area contributed by atoms with Crippen molar-refractivity contribution < 1.29 is 32.4 Å². The van der Waals surface area contributed by atoms with Gasteiger partial charge in [0.05, 0.1) is 23.2 Å². The predicted octanol–water partition coefficient (Wildman–Crippen LogP) is 3.97. The summed E-state index contributed by atoms with van der Waals surface area (Å²) < 4.78 is 49.4. The van der Waals surface area contributed by atoms with Gasteiger partial charge in [0.25, 0.3) is 5.69 Å². The standard InChI is InChI=1S/C18H11F3N2O5/c1-27-15-7-6-11(23(25)26)9-12(15)16-22-14(17(24)28-16)8-10-4-2-3-5-13(10)18(19,20)21/h2-9H,1H3. The molecule has 2 aromatic carbocycles. The maximum absolute atomic E-state index is 13.1. The Bertz CT molecular complexity index is 1030. The van der Waals surface area contributed by atoms with Crippen LogP contribution in [-0.4, -0.2) is 23.9 Å². The summed E-state index contributed by atoms with van der Waals surface area (Å²) in [7, 11) is 1.30. The van der Waals surface area contributed by atoms with Crippen LogP contribution in [-0.2, 0) is 15.7 Å². The molecule has 0 atom stereocenters. The summed E-state index contributed by atoms with van der Waals surface area (Å²) in [5.41, 5.74) is -1.85. The van der Waals surface area contributed by atoms with Crippen molar-refractivity contribution in [2.45, 2.75) is 6.18 Å². The van der Waals surface area contributed by atoms with Crippen LogP contribution in [0.4, 0.5) is 18.9 Å². The molecule has 0 saturated heterocycles. The molecule has 0 saturated carbocycles. The molecule has 7 nitrogen and oxygen atoms in total. The maximum atomic E-state index is 13.1. The number of nitro groups is 1. The van der Waals surface area contributed by atoms with E-state index in [1.165, 1.54) is 37.4 Å². The number of rotatable bonds is 4. The summed E-state index contributed by atoms with van der Waals surface area (Å²) >= 11 is 0. The van der Waals surface area contributed by atoms with Crippen molar-refractivity contribution in [1.29, 1.82) is 0 Å². The minimum atomic E-state index is -4.62. The molecule has 1 aliphatic heterocycles. The largest absolute Gasteiger partial charge is 0.496 e. The Morgan fingerprint density at radius 3 is 2.57 bits per heavy atom. The van der Waals surface area contributed by atoms with E-state index >= 15 is 0 Å². The van der Waals surface area contributed by atoms with E-state index in [0.29, 0.717) is 0 Å². The number of cyclic esters (lactones) is 1. The number of hydrogen-bond acceptors (Lipinski definition) is 6. The Kier molecular flexibility index (Phi) is 4.87. The van der Waals surface area contributed by atoms with Crippen molar-refractivity contribution in [1.82, 2.24) is 0 Å². The molecule has 1 heterocycles. The van der Waals surface area contributed by atoms with Gasteiger partial charge in [0, 0.05) is 12.1 Å². The fraction of sp³-hybridized carbons (Fsp3) is 0.111. The van der Waals surface area contributed by atoms with Crippen molar-refractivity contribution >= 4 is 23.6 Å². The summed E-state index contributed by atoms with van der Waals surface area (Å²) in [5.74, 6) is -1.14. The Morgan fingerprint density at radius 1 is 1.21 bits per heavy atom. The zero-order chi connectivity index (χ0) is 20.5. The number of methoxy groups -OCH3 is 1. The van der Waals surface area contributed by atoms with Crippen LogP contribution >= 0.6 is 0 Å². The van der Waals surface area contributed by atoms with Gasteiger partial charge < -0.3 is 9.47 Å². The normalized spacial score (nSPS) is 15.4. The van der Waals surface area contributed by atoms with E-state index in [2.05, 4.69) is 4.99 Å². The zero-order valence-corrected chi connectivity index (χ0v) is 14.2. The smallest absolute Gasteiger partial charge is 0.416 e. The van der Waals surface area contributed by atoms with Crippen LogP contribution in [0.1, 0.15) is 16.7 Å². The lowest BCUT2D eigenvalue weighted by molar-refractivity contribution is -0.384. The average Bonchev–Trinajstić information content (AvgIpc) is 3.01. The first-order chi connectivity index (χ1) is 13.2. The van der Waals surface area contributed by atoms with Gasteiger partial charge in [-0.1, -0.05) is 18.2 Å². The topological polar surface area (TPSA) is 91.0 Å². The number of aliphatic imine (C=N–C) groups is 1. The lowest BCUT2D eigenvalue weighted by Gasteiger charge is -2.09. The summed E-state index contributed by atoms with van der Waals surface area (Å²) in [5, 5.41) is 11.0. The highest BCUT2D eigenvalue weighted by Gasteiger charge is 2.34. The van der Waals surface area contributed by atoms with Gasteiger partial charge in [-0.2, -0.15) is 13.2 Å². The monoisotopic (exact) mass is 392 g/mol. The van der Waals surface area contributed by atoms with Gasteiger partial charge in [-0.15, -0.1) is 0 Å². The number of esters is 1. The van der Waals surface area contributed by atoms with E-state index in [-0.39, 0.29) is 34.2 Å². The van der Waals surface area contributed by atoms with Gasteiger partial charge in [0.2, 0.25) is 5.90 Å². The van der Waals surface area contributed by atoms with Crippen molar-refractivity contribution in [3.05, 3.63) is 75.0 Å². The third kappa shape index (κ3) is 3.70. The van der Waals surface area contributed by atoms with Crippen LogP contribution in [0.5, 0.6) is 5.75 Å². The van der Waals surface area contributed by atoms with E-state index in [1.807, 2.05) is 0 Å². The number of nitro benzene ring substituents is 1. The first-order valence-corrected chi connectivity index (χ1v) is 7.72. The van der Waals surface area contributed by atoms with E-state index in [1.54, 1.807) is 0 Å². The summed E-state index contributed by atoms with van der Waals surface area (Å²) in [6.45, 7) is 0. The SMILES string of the molecule is COc1ccc([N+](=O)[O-])cc1C1=NC(=Cc2ccccc2C(F)(F)F)C(=O)O1. The van der Waals surface area contributed by atoms with Gasteiger partial charge in [0.15, 0.2) is 5.70 Å². The van der Waals surface area contributed by atoms with Crippen molar-refractivity contribution in [2.75, 3.05) is 7.11 Å². The third-order valence-electron chi connectivity index (χ3n) is 3.80. The molecule has 0 bridgehead atoms. The van der Waals surface area contributed by atoms with Crippen molar-refractivity contribution in [3.8, 4) is 5.75 Å². The lowest BCUT2D eigenvalue weighted by Crippen LogP contribution is -2.08. The molecule has 0 unspecified atom stereocenters. The summed E-state index contributed by atoms with van der Waals surface area (Å²) in [4.78, 5) is 26.3. The minimum absolute atomic E-state index is 0.0255. The molecule has 3 rings (SSSR count). The van der Waals surface area contributed by atoms with Crippen molar-refractivity contribution in [2.24, 2.45) is 4.99 Å². The third-order valence-corrected chi connectivity index (χ3v) is 3.80. The van der Waals surface area contributed by atoms with Gasteiger partial charge in [-0.25, -0.2) is 9.79 Å². The molecule has 0 aromatic heterocycles. The number of nitrogens with zero attached hydrogens (tertiary/aromatic N) is 2. The number of alkyl halides is 3. The number of benzene rings is 2. The molecule has 0 fully saturated rings. The molecule has 0 aliphatic carbocycles. The van der Waals surface area contributed by atoms with E-state index < -0.39 is 22.6 Å². The first kappa shape index (κ1) is 19.1. The molecule has 0 radical (unpaired) electrons. The zero-order valence-electron chi connectivity index (χ0n) is 14.2. The average molecular weight is 392 g/mol. The lowest BCUT2D eigenvalue weighted by atomic mass is 10.1. The highest BCUT2D eigenvalue weighted by atomic mass is 19.4. The first-order valence-electron chi connectivity index (χ1n) is 7.72. The van der Waals surface area contributed by atoms with Gasteiger partial charge in [-0.3, -0.25) is 10.1 Å². The number of carbonyl (C=O) groups excluding carboxylic acids is 1. The molecule has 0 N–H and O–H groups in total. The molecular weight excluding hydrogens is 381 g/mol. The van der Waals surface area contributed by atoms with Crippen LogP contribution in [0, 0.1) is 10.1 Å². The molecule has 0 spiro atoms. The number of halogens is 3. The summed E-state index contributed by atoms with van der Waals surface area (Å²) in [6.07, 6.45) is -3.67. The molecule has 28 heavy (non-hydrogen) atoms. The number of ether oxygens (including phenoxy) is 2. The summed E-state index contributed by atoms with van der Waals surface area (Å²) in [6, 6.07) is 8.25. The molecule has 144 valence electrons. The van der Waals surface area contributed by atoms with Gasteiger partial charge >= 0.3 is 12.1 Å². The number of carbonyl (C=O) groups is 1. The van der Waals surface area contributed by atoms with Crippen LogP contribution < -0.4 is 4.74 Å².